The van der Waals surface area contributed by atoms with E-state index < -0.39 is 0 Å². The van der Waals surface area contributed by atoms with Crippen LogP contribution in [0.4, 0.5) is 0 Å². The number of rotatable bonds is 10. The standard InChI is InChI=1S/C24H32NO5/c1-25(11-5-13-30-17-26)12-10-19-15-23(28-3)24(29-4)16-21(19)22(25)14-18-6-8-20(27-2)9-7-18/h6-9,15-17,22H,5,10-14H2,1-4H3/q+1. The van der Waals surface area contributed by atoms with Crippen molar-refractivity contribution in [2.24, 2.45) is 0 Å². The SMILES string of the molecule is COc1ccc(CC2c3cc(OC)c(OC)cc3CC[N+]2(C)CCCOC=O)cc1. The van der Waals surface area contributed by atoms with E-state index in [1.807, 2.05) is 12.1 Å². The molecule has 1 aliphatic heterocycles. The predicted octanol–water partition coefficient (Wildman–Crippen LogP) is 3.56. The first kappa shape index (κ1) is 22.0. The van der Waals surface area contributed by atoms with Gasteiger partial charge in [-0.15, -0.1) is 0 Å². The van der Waals surface area contributed by atoms with Gasteiger partial charge >= 0.3 is 0 Å². The molecule has 30 heavy (non-hydrogen) atoms. The van der Waals surface area contributed by atoms with E-state index in [4.69, 9.17) is 18.9 Å². The van der Waals surface area contributed by atoms with Gasteiger partial charge in [-0.1, -0.05) is 12.1 Å². The van der Waals surface area contributed by atoms with Crippen molar-refractivity contribution in [1.82, 2.24) is 0 Å². The second-order valence-electron chi connectivity index (χ2n) is 7.97. The normalized spacial score (nSPS) is 20.2. The summed E-state index contributed by atoms with van der Waals surface area (Å²) in [5.74, 6) is 2.39. The maximum Gasteiger partial charge on any atom is 0.293 e. The third kappa shape index (κ3) is 4.70. The van der Waals surface area contributed by atoms with Crippen molar-refractivity contribution in [3.05, 3.63) is 53.1 Å². The Labute approximate surface area is 178 Å². The summed E-state index contributed by atoms with van der Waals surface area (Å²) in [6.45, 7) is 2.93. The minimum absolute atomic E-state index is 0.262. The molecule has 1 heterocycles. The van der Waals surface area contributed by atoms with Gasteiger partial charge in [-0.3, -0.25) is 4.79 Å². The highest BCUT2D eigenvalue weighted by Crippen LogP contribution is 2.42. The Bertz CT molecular complexity index is 851. The lowest BCUT2D eigenvalue weighted by atomic mass is 9.86. The van der Waals surface area contributed by atoms with Gasteiger partial charge < -0.3 is 23.4 Å². The average Bonchev–Trinajstić information content (AvgIpc) is 2.78. The number of benzene rings is 2. The number of fused-ring (bicyclic) bond motifs is 1. The highest BCUT2D eigenvalue weighted by molar-refractivity contribution is 5.49. The van der Waals surface area contributed by atoms with Gasteiger partial charge in [-0.05, 0) is 35.4 Å². The molecule has 0 saturated carbocycles. The monoisotopic (exact) mass is 414 g/mol. The molecule has 0 spiro atoms. The molecule has 0 amide bonds. The van der Waals surface area contributed by atoms with Crippen molar-refractivity contribution in [2.75, 3.05) is 48.1 Å². The summed E-state index contributed by atoms with van der Waals surface area (Å²) in [6, 6.07) is 12.8. The van der Waals surface area contributed by atoms with Crippen LogP contribution in [-0.4, -0.2) is 59.0 Å². The van der Waals surface area contributed by atoms with Crippen molar-refractivity contribution in [3.63, 3.8) is 0 Å². The first-order valence-electron chi connectivity index (χ1n) is 10.3. The van der Waals surface area contributed by atoms with Gasteiger partial charge in [0.1, 0.15) is 11.8 Å². The Hall–Kier alpha value is -2.73. The Morgan fingerprint density at radius 1 is 1.03 bits per heavy atom. The minimum atomic E-state index is 0.262. The molecule has 6 heteroatoms. The van der Waals surface area contributed by atoms with Gasteiger partial charge in [0, 0.05) is 24.8 Å². The van der Waals surface area contributed by atoms with Crippen molar-refractivity contribution in [3.8, 4) is 17.2 Å². The third-order valence-electron chi connectivity index (χ3n) is 6.24. The van der Waals surface area contributed by atoms with E-state index in [0.29, 0.717) is 13.1 Å². The van der Waals surface area contributed by atoms with E-state index in [9.17, 15) is 4.79 Å². The number of hydrogen-bond donors (Lipinski definition) is 0. The summed E-state index contributed by atoms with van der Waals surface area (Å²) in [7, 11) is 7.33. The van der Waals surface area contributed by atoms with E-state index in [1.165, 1.54) is 16.7 Å². The molecule has 2 aromatic carbocycles. The molecule has 162 valence electrons. The number of ether oxygens (including phenoxy) is 4. The zero-order chi connectivity index (χ0) is 21.6. The number of hydrogen-bond acceptors (Lipinski definition) is 5. The number of quaternary nitrogens is 1. The van der Waals surface area contributed by atoms with Gasteiger partial charge in [-0.25, -0.2) is 0 Å². The summed E-state index contributed by atoms with van der Waals surface area (Å²) >= 11 is 0. The molecule has 0 radical (unpaired) electrons. The van der Waals surface area contributed by atoms with Crippen LogP contribution in [0.3, 0.4) is 0 Å². The van der Waals surface area contributed by atoms with E-state index in [-0.39, 0.29) is 6.04 Å². The van der Waals surface area contributed by atoms with Gasteiger partial charge in [0.05, 0.1) is 48.1 Å². The first-order valence-corrected chi connectivity index (χ1v) is 10.3. The fourth-order valence-corrected chi connectivity index (χ4v) is 4.47. The third-order valence-corrected chi connectivity index (χ3v) is 6.24. The van der Waals surface area contributed by atoms with E-state index >= 15 is 0 Å². The average molecular weight is 415 g/mol. The summed E-state index contributed by atoms with van der Waals surface area (Å²) in [5.41, 5.74) is 3.87. The van der Waals surface area contributed by atoms with Gasteiger partial charge in [0.25, 0.3) is 6.47 Å². The zero-order valence-corrected chi connectivity index (χ0v) is 18.3. The predicted molar refractivity (Wildman–Crippen MR) is 115 cm³/mol. The van der Waals surface area contributed by atoms with Crippen molar-refractivity contribution in [2.45, 2.75) is 25.3 Å². The zero-order valence-electron chi connectivity index (χ0n) is 18.3. The van der Waals surface area contributed by atoms with Crippen LogP contribution in [0.5, 0.6) is 17.2 Å². The summed E-state index contributed by atoms with van der Waals surface area (Å²) in [4.78, 5) is 10.5. The fraction of sp³-hybridized carbons (Fsp3) is 0.458. The number of methoxy groups -OCH3 is 3. The summed E-state index contributed by atoms with van der Waals surface area (Å²) in [5, 5.41) is 0. The van der Waals surface area contributed by atoms with Crippen LogP contribution < -0.4 is 14.2 Å². The molecule has 0 saturated heterocycles. The molecule has 3 rings (SSSR count). The Morgan fingerprint density at radius 2 is 1.73 bits per heavy atom. The van der Waals surface area contributed by atoms with E-state index in [0.717, 1.165) is 54.1 Å². The topological polar surface area (TPSA) is 54.0 Å². The number of nitrogens with zero attached hydrogens (tertiary/aromatic N) is 1. The molecule has 1 aliphatic rings. The van der Waals surface area contributed by atoms with Crippen molar-refractivity contribution < 1.29 is 28.2 Å². The Balaban J connectivity index is 1.96. The van der Waals surface area contributed by atoms with E-state index in [1.54, 1.807) is 21.3 Å². The van der Waals surface area contributed by atoms with Crippen LogP contribution in [0.2, 0.25) is 0 Å². The second-order valence-corrected chi connectivity index (χ2v) is 7.97. The first-order chi connectivity index (χ1) is 14.5. The molecule has 0 aromatic heterocycles. The molecular formula is C24H32NO5+. The molecule has 2 unspecified atom stereocenters. The fourth-order valence-electron chi connectivity index (χ4n) is 4.47. The lowest BCUT2D eigenvalue weighted by Crippen LogP contribution is -2.52. The smallest absolute Gasteiger partial charge is 0.293 e. The molecule has 0 fully saturated rings. The van der Waals surface area contributed by atoms with Crippen LogP contribution in [0.15, 0.2) is 36.4 Å². The lowest BCUT2D eigenvalue weighted by Gasteiger charge is -2.46. The van der Waals surface area contributed by atoms with Gasteiger partial charge in [-0.2, -0.15) is 0 Å². The summed E-state index contributed by atoms with van der Waals surface area (Å²) < 4.78 is 22.3. The van der Waals surface area contributed by atoms with Crippen molar-refractivity contribution in [1.29, 1.82) is 0 Å². The molecule has 0 aliphatic carbocycles. The maximum atomic E-state index is 10.5. The molecule has 0 bridgehead atoms. The Kier molecular flexibility index (Phi) is 7.21. The number of likely N-dealkylation sites (N-methyl/N-ethyl adjacent to an activating group) is 1. The maximum absolute atomic E-state index is 10.5. The second kappa shape index (κ2) is 9.85. The molecule has 6 nitrogen and oxygen atoms in total. The van der Waals surface area contributed by atoms with Gasteiger partial charge in [0.2, 0.25) is 0 Å². The minimum Gasteiger partial charge on any atom is -0.497 e. The van der Waals surface area contributed by atoms with Crippen LogP contribution in [0, 0.1) is 0 Å². The number of carbonyl (C=O) groups is 1. The van der Waals surface area contributed by atoms with Crippen LogP contribution in [0.25, 0.3) is 0 Å². The van der Waals surface area contributed by atoms with Crippen LogP contribution in [0.1, 0.15) is 29.2 Å². The quantitative estimate of drug-likeness (QED) is 0.338. The van der Waals surface area contributed by atoms with Crippen molar-refractivity contribution >= 4 is 6.47 Å². The highest BCUT2D eigenvalue weighted by Gasteiger charge is 2.39. The molecular weight excluding hydrogens is 382 g/mol. The Morgan fingerprint density at radius 3 is 2.37 bits per heavy atom. The van der Waals surface area contributed by atoms with Crippen LogP contribution in [-0.2, 0) is 22.4 Å². The molecule has 2 atom stereocenters. The van der Waals surface area contributed by atoms with Crippen LogP contribution >= 0.6 is 0 Å². The highest BCUT2D eigenvalue weighted by atomic mass is 16.5. The van der Waals surface area contributed by atoms with E-state index in [2.05, 4.69) is 31.3 Å². The number of carbonyl (C=O) groups excluding carboxylic acids is 1. The largest absolute Gasteiger partial charge is 0.497 e. The van der Waals surface area contributed by atoms with Gasteiger partial charge in [0.15, 0.2) is 11.5 Å². The summed E-state index contributed by atoms with van der Waals surface area (Å²) in [6.07, 6.45) is 2.70. The molecule has 0 N–H and O–H groups in total. The lowest BCUT2D eigenvalue weighted by molar-refractivity contribution is -0.941. The molecule has 2 aromatic rings.